The van der Waals surface area contributed by atoms with Crippen LogP contribution in [0.1, 0.15) is 43.0 Å². The zero-order valence-electron chi connectivity index (χ0n) is 12.7. The fourth-order valence-electron chi connectivity index (χ4n) is 2.13. The number of rotatable bonds is 2. The predicted molar refractivity (Wildman–Crippen MR) is 78.7 cm³/mol. The number of carbonyl (C=O) groups excluding carboxylic acids is 2. The highest BCUT2D eigenvalue weighted by atomic mass is 16.6. The number of nitro groups is 1. The highest BCUT2D eigenvalue weighted by Gasteiger charge is 2.15. The lowest BCUT2D eigenvalue weighted by Gasteiger charge is -2.21. The summed E-state index contributed by atoms with van der Waals surface area (Å²) in [6.45, 7) is 2.21. The molecule has 1 aliphatic carbocycles. The van der Waals surface area contributed by atoms with Gasteiger partial charge in [-0.2, -0.15) is 9.59 Å². The number of hydrogen-bond donors (Lipinski definition) is 2. The summed E-state index contributed by atoms with van der Waals surface area (Å²) < 4.78 is 0. The third-order valence-electron chi connectivity index (χ3n) is 3.23. The summed E-state index contributed by atoms with van der Waals surface area (Å²) in [5, 5.41) is 27.7. The SMILES string of the molecule is C[C@H]1CCC[C@@H](O)C1.O=C(O)c1ccc([N+](=O)[O-])cc1.O=C=O. The third kappa shape index (κ3) is 9.13. The van der Waals surface area contributed by atoms with Crippen molar-refractivity contribution in [3.8, 4) is 0 Å². The van der Waals surface area contributed by atoms with E-state index in [0.29, 0.717) is 0 Å². The van der Waals surface area contributed by atoms with Crippen LogP contribution >= 0.6 is 0 Å². The molecule has 8 heteroatoms. The second-order valence-electron chi connectivity index (χ2n) is 5.12. The van der Waals surface area contributed by atoms with Crippen molar-refractivity contribution in [3.05, 3.63) is 39.9 Å². The summed E-state index contributed by atoms with van der Waals surface area (Å²) in [7, 11) is 0. The minimum atomic E-state index is -1.09. The molecule has 2 rings (SSSR count). The molecule has 23 heavy (non-hydrogen) atoms. The van der Waals surface area contributed by atoms with Crippen LogP contribution in [0, 0.1) is 16.0 Å². The highest BCUT2D eigenvalue weighted by Crippen LogP contribution is 2.22. The van der Waals surface area contributed by atoms with Gasteiger partial charge in [-0.15, -0.1) is 0 Å². The molecule has 0 aromatic heterocycles. The van der Waals surface area contributed by atoms with E-state index in [1.807, 2.05) is 0 Å². The lowest BCUT2D eigenvalue weighted by molar-refractivity contribution is -0.384. The summed E-state index contributed by atoms with van der Waals surface area (Å²) in [6, 6.07) is 4.70. The molecule has 126 valence electrons. The fraction of sp³-hybridized carbons (Fsp3) is 0.467. The molecular formula is C15H19NO7. The number of nitro benzene ring substituents is 1. The van der Waals surface area contributed by atoms with Gasteiger partial charge in [0.2, 0.25) is 0 Å². The Morgan fingerprint density at radius 3 is 2.09 bits per heavy atom. The largest absolute Gasteiger partial charge is 0.478 e. The number of hydrogen-bond acceptors (Lipinski definition) is 6. The number of non-ortho nitro benzene ring substituents is 1. The summed E-state index contributed by atoms with van der Waals surface area (Å²) in [5.74, 6) is -0.330. The van der Waals surface area contributed by atoms with E-state index < -0.39 is 10.9 Å². The van der Waals surface area contributed by atoms with Crippen molar-refractivity contribution in [2.75, 3.05) is 0 Å². The maximum Gasteiger partial charge on any atom is 0.373 e. The Bertz CT molecular complexity index is 494. The van der Waals surface area contributed by atoms with Crippen LogP contribution in [0.5, 0.6) is 0 Å². The van der Waals surface area contributed by atoms with Crippen LogP contribution in [0.25, 0.3) is 0 Å². The quantitative estimate of drug-likeness (QED) is 0.629. The van der Waals surface area contributed by atoms with Crippen LogP contribution < -0.4 is 0 Å². The topological polar surface area (TPSA) is 135 Å². The van der Waals surface area contributed by atoms with E-state index in [9.17, 15) is 14.9 Å². The van der Waals surface area contributed by atoms with Crippen molar-refractivity contribution in [2.45, 2.75) is 38.7 Å². The first kappa shape index (κ1) is 20.4. The van der Waals surface area contributed by atoms with E-state index in [2.05, 4.69) is 6.92 Å². The molecule has 1 aromatic carbocycles. The number of aliphatic hydroxyl groups is 1. The third-order valence-corrected chi connectivity index (χ3v) is 3.23. The molecule has 8 nitrogen and oxygen atoms in total. The van der Waals surface area contributed by atoms with Crippen LogP contribution in [0.2, 0.25) is 0 Å². The summed E-state index contributed by atoms with van der Waals surface area (Å²) in [4.78, 5) is 36.1. The van der Waals surface area contributed by atoms with Crippen molar-refractivity contribution >= 4 is 17.8 Å². The summed E-state index contributed by atoms with van der Waals surface area (Å²) in [5.41, 5.74) is -0.0689. The van der Waals surface area contributed by atoms with E-state index in [1.165, 1.54) is 25.0 Å². The number of carbonyl (C=O) groups is 1. The minimum Gasteiger partial charge on any atom is -0.478 e. The first-order chi connectivity index (χ1) is 10.8. The van der Waals surface area contributed by atoms with Gasteiger partial charge < -0.3 is 10.2 Å². The van der Waals surface area contributed by atoms with E-state index in [0.717, 1.165) is 30.9 Å². The second-order valence-corrected chi connectivity index (χ2v) is 5.12. The predicted octanol–water partition coefficient (Wildman–Crippen LogP) is 2.27. The molecule has 1 fully saturated rings. The monoisotopic (exact) mass is 325 g/mol. The van der Waals surface area contributed by atoms with Crippen LogP contribution in [0.15, 0.2) is 24.3 Å². The van der Waals surface area contributed by atoms with Crippen LogP contribution in [-0.4, -0.2) is 33.4 Å². The van der Waals surface area contributed by atoms with Crippen LogP contribution in [-0.2, 0) is 9.59 Å². The maximum atomic E-state index is 10.3. The smallest absolute Gasteiger partial charge is 0.373 e. The number of carboxylic acid groups (broad SMARTS) is 1. The van der Waals surface area contributed by atoms with Crippen molar-refractivity contribution in [1.82, 2.24) is 0 Å². The number of aromatic carboxylic acids is 1. The Morgan fingerprint density at radius 2 is 1.78 bits per heavy atom. The standard InChI is InChI=1S/C7H5NO4.C7H14O.CO2/c9-7(10)5-1-3-6(4-2-5)8(11)12;1-6-3-2-4-7(8)5-6;2-1-3/h1-4H,(H,9,10);6-8H,2-5H2,1H3;/t;6-,7+;/m.0./s1. The Labute approximate surface area is 132 Å². The molecule has 0 saturated heterocycles. The van der Waals surface area contributed by atoms with Gasteiger partial charge in [0, 0.05) is 12.1 Å². The van der Waals surface area contributed by atoms with Gasteiger partial charge in [0.15, 0.2) is 0 Å². The second kappa shape index (κ2) is 11.1. The van der Waals surface area contributed by atoms with Gasteiger partial charge in [-0.1, -0.05) is 19.8 Å². The van der Waals surface area contributed by atoms with Gasteiger partial charge in [0.1, 0.15) is 0 Å². The molecule has 0 heterocycles. The summed E-state index contributed by atoms with van der Waals surface area (Å²) >= 11 is 0. The Balaban J connectivity index is 0.000000379. The zero-order chi connectivity index (χ0) is 17.8. The molecule has 1 saturated carbocycles. The first-order valence-corrected chi connectivity index (χ1v) is 6.96. The van der Waals surface area contributed by atoms with Crippen LogP contribution in [0.4, 0.5) is 5.69 Å². The van der Waals surface area contributed by atoms with E-state index in [-0.39, 0.29) is 23.5 Å². The molecule has 0 radical (unpaired) electrons. The van der Waals surface area contributed by atoms with E-state index >= 15 is 0 Å². The molecule has 0 spiro atoms. The lowest BCUT2D eigenvalue weighted by atomic mass is 9.89. The Hall–Kier alpha value is -2.57. The number of nitrogens with zero attached hydrogens (tertiary/aromatic N) is 1. The zero-order valence-corrected chi connectivity index (χ0v) is 12.7. The van der Waals surface area contributed by atoms with Gasteiger partial charge >= 0.3 is 12.1 Å². The highest BCUT2D eigenvalue weighted by molar-refractivity contribution is 5.87. The van der Waals surface area contributed by atoms with Crippen molar-refractivity contribution in [1.29, 1.82) is 0 Å². The molecule has 2 N–H and O–H groups in total. The average molecular weight is 325 g/mol. The number of aliphatic hydroxyl groups excluding tert-OH is 1. The first-order valence-electron chi connectivity index (χ1n) is 6.96. The maximum absolute atomic E-state index is 10.3. The molecule has 0 bridgehead atoms. The molecule has 0 aliphatic heterocycles. The molecule has 1 aliphatic rings. The molecule has 0 amide bonds. The average Bonchev–Trinajstić information content (AvgIpc) is 2.48. The fourth-order valence-corrected chi connectivity index (χ4v) is 2.13. The Kier molecular flexibility index (Phi) is 9.82. The number of carboxylic acids is 1. The van der Waals surface area contributed by atoms with Gasteiger partial charge in [-0.25, -0.2) is 4.79 Å². The number of benzene rings is 1. The van der Waals surface area contributed by atoms with Crippen molar-refractivity contribution < 1.29 is 29.5 Å². The van der Waals surface area contributed by atoms with Gasteiger partial charge in [-0.3, -0.25) is 10.1 Å². The normalized spacial score (nSPS) is 19.0. The molecular weight excluding hydrogens is 306 g/mol. The summed E-state index contributed by atoms with van der Waals surface area (Å²) in [6.07, 6.45) is 4.86. The Morgan fingerprint density at radius 1 is 1.26 bits per heavy atom. The van der Waals surface area contributed by atoms with Crippen LogP contribution in [0.3, 0.4) is 0 Å². The van der Waals surface area contributed by atoms with Crippen molar-refractivity contribution in [2.24, 2.45) is 5.92 Å². The lowest BCUT2D eigenvalue weighted by Crippen LogP contribution is -2.16. The van der Waals surface area contributed by atoms with E-state index in [4.69, 9.17) is 19.8 Å². The van der Waals surface area contributed by atoms with Crippen molar-refractivity contribution in [3.63, 3.8) is 0 Å². The molecule has 2 atom stereocenters. The van der Waals surface area contributed by atoms with E-state index in [1.54, 1.807) is 0 Å². The molecule has 0 unspecified atom stereocenters. The van der Waals surface area contributed by atoms with Gasteiger partial charge in [-0.05, 0) is 30.9 Å². The van der Waals surface area contributed by atoms with Gasteiger partial charge in [0.25, 0.3) is 5.69 Å². The van der Waals surface area contributed by atoms with Gasteiger partial charge in [0.05, 0.1) is 16.6 Å². The minimum absolute atomic E-state index is 0.0127. The molecule has 1 aromatic rings.